The third-order valence-electron chi connectivity index (χ3n) is 4.96. The number of carbonyl (C=O) groups is 1. The summed E-state index contributed by atoms with van der Waals surface area (Å²) >= 11 is 1.55. The molecule has 25 heavy (non-hydrogen) atoms. The Morgan fingerprint density at radius 2 is 1.80 bits per heavy atom. The molecule has 2 aromatic heterocycles. The zero-order valence-corrected chi connectivity index (χ0v) is 15.9. The van der Waals surface area contributed by atoms with E-state index in [-0.39, 0.29) is 11.0 Å². The van der Waals surface area contributed by atoms with Gasteiger partial charge in [-0.05, 0) is 56.9 Å². The molecule has 4 nitrogen and oxygen atoms in total. The monoisotopic (exact) mass is 355 g/mol. The number of rotatable bonds is 3. The van der Waals surface area contributed by atoms with Crippen LogP contribution < -0.4 is 5.43 Å². The summed E-state index contributed by atoms with van der Waals surface area (Å²) in [7, 11) is 0. The number of aryl methyl sites for hydroxylation is 4. The van der Waals surface area contributed by atoms with Gasteiger partial charge in [0.1, 0.15) is 10.4 Å². The SMILES string of the molecule is Cc1ccc(Cn2c(C)c(C(=O)O)c(=O)c3c(C)c(C)sc32)cc1C. The van der Waals surface area contributed by atoms with Gasteiger partial charge in [-0.25, -0.2) is 4.79 Å². The van der Waals surface area contributed by atoms with Crippen LogP contribution in [0.2, 0.25) is 0 Å². The number of carboxylic acids is 1. The lowest BCUT2D eigenvalue weighted by Crippen LogP contribution is -2.22. The van der Waals surface area contributed by atoms with Gasteiger partial charge in [-0.2, -0.15) is 0 Å². The zero-order chi connectivity index (χ0) is 18.5. The van der Waals surface area contributed by atoms with Gasteiger partial charge < -0.3 is 9.67 Å². The molecule has 0 unspecified atom stereocenters. The van der Waals surface area contributed by atoms with Gasteiger partial charge in [0.05, 0.1) is 5.39 Å². The summed E-state index contributed by atoms with van der Waals surface area (Å²) in [5.74, 6) is -1.17. The number of aromatic nitrogens is 1. The second kappa shape index (κ2) is 6.15. The molecule has 0 saturated heterocycles. The van der Waals surface area contributed by atoms with Crippen molar-refractivity contribution in [3.8, 4) is 0 Å². The molecule has 3 rings (SSSR count). The molecule has 3 aromatic rings. The molecular weight excluding hydrogens is 334 g/mol. The zero-order valence-electron chi connectivity index (χ0n) is 15.1. The number of aromatic carboxylic acids is 1. The number of thiophene rings is 1. The van der Waals surface area contributed by atoms with Crippen LogP contribution in [0.4, 0.5) is 0 Å². The average molecular weight is 355 g/mol. The predicted molar refractivity (Wildman–Crippen MR) is 102 cm³/mol. The van der Waals surface area contributed by atoms with Gasteiger partial charge in [0.15, 0.2) is 0 Å². The molecule has 0 amide bonds. The van der Waals surface area contributed by atoms with Crippen molar-refractivity contribution in [2.75, 3.05) is 0 Å². The molecule has 0 saturated carbocycles. The number of hydrogen-bond donors (Lipinski definition) is 1. The van der Waals surface area contributed by atoms with Gasteiger partial charge in [0.25, 0.3) is 0 Å². The molecule has 0 aliphatic carbocycles. The van der Waals surface area contributed by atoms with Gasteiger partial charge in [-0.15, -0.1) is 11.3 Å². The quantitative estimate of drug-likeness (QED) is 0.760. The maximum Gasteiger partial charge on any atom is 0.341 e. The Morgan fingerprint density at radius 1 is 1.12 bits per heavy atom. The normalized spacial score (nSPS) is 11.2. The fourth-order valence-electron chi connectivity index (χ4n) is 3.17. The highest BCUT2D eigenvalue weighted by Gasteiger charge is 2.22. The number of pyridine rings is 1. The minimum atomic E-state index is -1.17. The standard InChI is InChI=1S/C20H21NO3S/c1-10-6-7-15(8-11(10)2)9-21-13(4)17(20(23)24)18(22)16-12(3)14(5)25-19(16)21/h6-8H,9H2,1-5H3,(H,23,24). The van der Waals surface area contributed by atoms with E-state index in [2.05, 4.69) is 32.0 Å². The second-order valence-electron chi connectivity index (χ2n) is 6.56. The van der Waals surface area contributed by atoms with E-state index < -0.39 is 5.97 Å². The van der Waals surface area contributed by atoms with E-state index in [0.717, 1.165) is 20.8 Å². The van der Waals surface area contributed by atoms with Gasteiger partial charge >= 0.3 is 5.97 Å². The Kier molecular flexibility index (Phi) is 4.29. The predicted octanol–water partition coefficient (Wildman–Crippen LogP) is 4.35. The molecule has 130 valence electrons. The number of carboxylic acid groups (broad SMARTS) is 1. The van der Waals surface area contributed by atoms with Crippen molar-refractivity contribution in [2.45, 2.75) is 41.2 Å². The molecule has 0 aliphatic rings. The van der Waals surface area contributed by atoms with Crippen LogP contribution in [0.5, 0.6) is 0 Å². The van der Waals surface area contributed by atoms with Crippen molar-refractivity contribution in [2.24, 2.45) is 0 Å². The molecule has 1 aromatic carbocycles. The lowest BCUT2D eigenvalue weighted by atomic mass is 10.0. The Morgan fingerprint density at radius 3 is 2.40 bits per heavy atom. The first-order valence-corrected chi connectivity index (χ1v) is 8.96. The minimum Gasteiger partial charge on any atom is -0.477 e. The van der Waals surface area contributed by atoms with Crippen molar-refractivity contribution in [3.63, 3.8) is 0 Å². The van der Waals surface area contributed by atoms with Gasteiger partial charge in [-0.3, -0.25) is 4.79 Å². The van der Waals surface area contributed by atoms with E-state index in [4.69, 9.17) is 0 Å². The Bertz CT molecular complexity index is 1070. The maximum atomic E-state index is 12.7. The number of hydrogen-bond acceptors (Lipinski definition) is 3. The summed E-state index contributed by atoms with van der Waals surface area (Å²) in [6, 6.07) is 6.24. The number of nitrogens with zero attached hydrogens (tertiary/aromatic N) is 1. The van der Waals surface area contributed by atoms with Crippen LogP contribution in [0.3, 0.4) is 0 Å². The molecule has 2 heterocycles. The maximum absolute atomic E-state index is 12.7. The van der Waals surface area contributed by atoms with Gasteiger partial charge in [0, 0.05) is 17.1 Å². The van der Waals surface area contributed by atoms with Crippen molar-refractivity contribution in [1.82, 2.24) is 4.57 Å². The van der Waals surface area contributed by atoms with Crippen molar-refractivity contribution in [1.29, 1.82) is 0 Å². The Labute approximate surface area is 150 Å². The summed E-state index contributed by atoms with van der Waals surface area (Å²) < 4.78 is 1.97. The lowest BCUT2D eigenvalue weighted by molar-refractivity contribution is 0.0694. The molecule has 0 spiro atoms. The first-order valence-electron chi connectivity index (χ1n) is 8.15. The minimum absolute atomic E-state index is 0.128. The molecule has 0 fully saturated rings. The van der Waals surface area contributed by atoms with Crippen LogP contribution in [0.15, 0.2) is 23.0 Å². The molecular formula is C20H21NO3S. The van der Waals surface area contributed by atoms with E-state index in [1.807, 2.05) is 18.4 Å². The second-order valence-corrected chi connectivity index (χ2v) is 7.77. The van der Waals surface area contributed by atoms with Crippen LogP contribution in [0.25, 0.3) is 10.2 Å². The topological polar surface area (TPSA) is 59.3 Å². The first kappa shape index (κ1) is 17.4. The molecule has 0 bridgehead atoms. The van der Waals surface area contributed by atoms with E-state index in [0.29, 0.717) is 17.6 Å². The van der Waals surface area contributed by atoms with Crippen LogP contribution in [-0.2, 0) is 6.54 Å². The smallest absolute Gasteiger partial charge is 0.341 e. The summed E-state index contributed by atoms with van der Waals surface area (Å²) in [6.07, 6.45) is 0. The van der Waals surface area contributed by atoms with E-state index in [1.54, 1.807) is 18.3 Å². The molecule has 1 N–H and O–H groups in total. The summed E-state index contributed by atoms with van der Waals surface area (Å²) in [5, 5.41) is 10.1. The number of benzene rings is 1. The third-order valence-corrected chi connectivity index (χ3v) is 6.19. The molecule has 0 aliphatic heterocycles. The largest absolute Gasteiger partial charge is 0.477 e. The van der Waals surface area contributed by atoms with Crippen molar-refractivity contribution < 1.29 is 9.90 Å². The molecule has 0 radical (unpaired) electrons. The first-order chi connectivity index (χ1) is 11.7. The summed E-state index contributed by atoms with van der Waals surface area (Å²) in [4.78, 5) is 26.3. The fourth-order valence-corrected chi connectivity index (χ4v) is 4.37. The Balaban J connectivity index is 2.33. The number of fused-ring (bicyclic) bond motifs is 1. The summed E-state index contributed by atoms with van der Waals surface area (Å²) in [5.41, 5.74) is 4.39. The molecule has 0 atom stereocenters. The highest BCUT2D eigenvalue weighted by atomic mass is 32.1. The van der Waals surface area contributed by atoms with Crippen molar-refractivity contribution >= 4 is 27.5 Å². The van der Waals surface area contributed by atoms with Crippen LogP contribution >= 0.6 is 11.3 Å². The third kappa shape index (κ3) is 2.78. The average Bonchev–Trinajstić information content (AvgIpc) is 2.82. The van der Waals surface area contributed by atoms with Crippen molar-refractivity contribution in [3.05, 3.63) is 66.8 Å². The van der Waals surface area contributed by atoms with Crippen LogP contribution in [0.1, 0.15) is 43.2 Å². The van der Waals surface area contributed by atoms with E-state index >= 15 is 0 Å². The highest BCUT2D eigenvalue weighted by molar-refractivity contribution is 7.18. The Hall–Kier alpha value is -2.40. The lowest BCUT2D eigenvalue weighted by Gasteiger charge is -2.16. The fraction of sp³-hybridized carbons (Fsp3) is 0.300. The summed E-state index contributed by atoms with van der Waals surface area (Å²) in [6.45, 7) is 10.2. The van der Waals surface area contributed by atoms with Crippen LogP contribution in [-0.4, -0.2) is 15.6 Å². The highest BCUT2D eigenvalue weighted by Crippen LogP contribution is 2.30. The van der Waals surface area contributed by atoms with Gasteiger partial charge in [-0.1, -0.05) is 18.2 Å². The van der Waals surface area contributed by atoms with Gasteiger partial charge in [0.2, 0.25) is 5.43 Å². The van der Waals surface area contributed by atoms with E-state index in [1.165, 1.54) is 11.1 Å². The van der Waals surface area contributed by atoms with E-state index in [9.17, 15) is 14.7 Å². The van der Waals surface area contributed by atoms with Crippen LogP contribution in [0, 0.1) is 34.6 Å². The molecule has 5 heteroatoms.